The summed E-state index contributed by atoms with van der Waals surface area (Å²) in [5, 5.41) is 2.05. The molecule has 0 fully saturated rings. The number of hydrogen-bond acceptors (Lipinski definition) is 3. The molecule has 1 amide bonds. The lowest BCUT2D eigenvalue weighted by Crippen LogP contribution is -2.27. The average molecular weight is 325 g/mol. The maximum atomic E-state index is 12.0. The molecule has 3 nitrogen and oxygen atoms in total. The van der Waals surface area contributed by atoms with Gasteiger partial charge in [0.1, 0.15) is 0 Å². The lowest BCUT2D eigenvalue weighted by molar-refractivity contribution is -0.129. The van der Waals surface area contributed by atoms with Crippen molar-refractivity contribution in [2.75, 3.05) is 7.05 Å². The Hall–Kier alpha value is -1.20. The van der Waals surface area contributed by atoms with E-state index in [1.807, 2.05) is 31.3 Å². The second kappa shape index (κ2) is 6.11. The maximum Gasteiger partial charge on any atom is 0.228 e. The summed E-state index contributed by atoms with van der Waals surface area (Å²) < 4.78 is 1.09. The van der Waals surface area contributed by atoms with E-state index in [1.165, 1.54) is 0 Å². The fourth-order valence-electron chi connectivity index (χ4n) is 1.58. The molecule has 94 valence electrons. The van der Waals surface area contributed by atoms with Crippen molar-refractivity contribution >= 4 is 33.2 Å². The fourth-order valence-corrected chi connectivity index (χ4v) is 2.78. The van der Waals surface area contributed by atoms with Crippen LogP contribution in [0.2, 0.25) is 0 Å². The minimum absolute atomic E-state index is 0.0797. The van der Waals surface area contributed by atoms with Crippen LogP contribution in [0.1, 0.15) is 11.3 Å². The van der Waals surface area contributed by atoms with Crippen molar-refractivity contribution in [2.45, 2.75) is 13.0 Å². The second-order valence-electron chi connectivity index (χ2n) is 4.01. The average Bonchev–Trinajstić information content (AvgIpc) is 2.76. The van der Waals surface area contributed by atoms with Gasteiger partial charge in [-0.1, -0.05) is 6.07 Å². The molecule has 5 heteroatoms. The minimum atomic E-state index is 0.0797. The van der Waals surface area contributed by atoms with Gasteiger partial charge in [0.15, 0.2) is 0 Å². The Bertz CT molecular complexity index is 527. The lowest BCUT2D eigenvalue weighted by atomic mass is 10.2. The Labute approximate surface area is 119 Å². The van der Waals surface area contributed by atoms with Crippen molar-refractivity contribution in [1.29, 1.82) is 0 Å². The van der Waals surface area contributed by atoms with Gasteiger partial charge in [-0.15, -0.1) is 11.3 Å². The van der Waals surface area contributed by atoms with E-state index in [0.29, 0.717) is 13.0 Å². The molecule has 18 heavy (non-hydrogen) atoms. The van der Waals surface area contributed by atoms with Crippen molar-refractivity contribution in [3.8, 4) is 0 Å². The van der Waals surface area contributed by atoms with Crippen LogP contribution in [-0.2, 0) is 17.8 Å². The maximum absolute atomic E-state index is 12.0. The summed E-state index contributed by atoms with van der Waals surface area (Å²) in [7, 11) is 1.82. The quantitative estimate of drug-likeness (QED) is 0.865. The van der Waals surface area contributed by atoms with Crippen molar-refractivity contribution < 1.29 is 4.79 Å². The number of likely N-dealkylation sites (N-methyl/N-ethyl adjacent to an activating group) is 1. The number of pyridine rings is 1. The van der Waals surface area contributed by atoms with Gasteiger partial charge in [-0.25, -0.2) is 0 Å². The number of nitrogens with zero attached hydrogens (tertiary/aromatic N) is 2. The van der Waals surface area contributed by atoms with Gasteiger partial charge in [-0.2, -0.15) is 0 Å². The van der Waals surface area contributed by atoms with Gasteiger partial charge in [0.2, 0.25) is 5.91 Å². The first-order valence-electron chi connectivity index (χ1n) is 5.52. The predicted molar refractivity (Wildman–Crippen MR) is 76.4 cm³/mol. The van der Waals surface area contributed by atoms with Crippen LogP contribution >= 0.6 is 27.3 Å². The Balaban J connectivity index is 1.93. The smallest absolute Gasteiger partial charge is 0.228 e. The summed E-state index contributed by atoms with van der Waals surface area (Å²) in [6.45, 7) is 0.633. The standard InChI is InChI=1S/C13H13BrN2OS/c1-16(8-10-6-12(14)18-9-10)13(17)7-11-4-2-3-5-15-11/h2-6,9H,7-8H2,1H3. The monoisotopic (exact) mass is 324 g/mol. The zero-order chi connectivity index (χ0) is 13.0. The SMILES string of the molecule is CN(Cc1csc(Br)c1)C(=O)Cc1ccccn1. The van der Waals surface area contributed by atoms with Crippen LogP contribution in [0.5, 0.6) is 0 Å². The van der Waals surface area contributed by atoms with Gasteiger partial charge >= 0.3 is 0 Å². The molecule has 0 aliphatic rings. The van der Waals surface area contributed by atoms with Crippen LogP contribution in [-0.4, -0.2) is 22.8 Å². The van der Waals surface area contributed by atoms with Crippen LogP contribution in [0.15, 0.2) is 39.6 Å². The summed E-state index contributed by atoms with van der Waals surface area (Å²) in [4.78, 5) is 17.9. The zero-order valence-electron chi connectivity index (χ0n) is 9.97. The molecule has 2 rings (SSSR count). The van der Waals surface area contributed by atoms with Crippen molar-refractivity contribution in [1.82, 2.24) is 9.88 Å². The summed E-state index contributed by atoms with van der Waals surface area (Å²) in [6.07, 6.45) is 2.06. The first kappa shape index (κ1) is 13.2. The largest absolute Gasteiger partial charge is 0.341 e. The number of carbonyl (C=O) groups is 1. The molecule has 0 aliphatic carbocycles. The summed E-state index contributed by atoms with van der Waals surface area (Å²) in [5.74, 6) is 0.0797. The highest BCUT2D eigenvalue weighted by Gasteiger charge is 2.11. The normalized spacial score (nSPS) is 10.3. The number of aromatic nitrogens is 1. The van der Waals surface area contributed by atoms with Crippen LogP contribution in [0.3, 0.4) is 0 Å². The molecule has 0 aliphatic heterocycles. The van der Waals surface area contributed by atoms with E-state index < -0.39 is 0 Å². The minimum Gasteiger partial charge on any atom is -0.341 e. The number of hydrogen-bond donors (Lipinski definition) is 0. The summed E-state index contributed by atoms with van der Waals surface area (Å²) in [6, 6.07) is 7.65. The van der Waals surface area contributed by atoms with E-state index in [1.54, 1.807) is 22.4 Å². The third-order valence-electron chi connectivity index (χ3n) is 2.53. The van der Waals surface area contributed by atoms with Crippen LogP contribution in [0, 0.1) is 0 Å². The first-order chi connectivity index (χ1) is 8.65. The first-order valence-corrected chi connectivity index (χ1v) is 7.19. The van der Waals surface area contributed by atoms with Crippen LogP contribution in [0.4, 0.5) is 0 Å². The highest BCUT2D eigenvalue weighted by molar-refractivity contribution is 9.11. The second-order valence-corrected chi connectivity index (χ2v) is 6.30. The van der Waals surface area contributed by atoms with Crippen LogP contribution in [0.25, 0.3) is 0 Å². The molecule has 0 bridgehead atoms. The van der Waals surface area contributed by atoms with Gasteiger partial charge in [-0.05, 0) is 45.1 Å². The van der Waals surface area contributed by atoms with Gasteiger partial charge in [0.05, 0.1) is 10.2 Å². The van der Waals surface area contributed by atoms with Gasteiger partial charge in [0, 0.05) is 25.5 Å². The summed E-state index contributed by atoms with van der Waals surface area (Å²) in [5.41, 5.74) is 1.95. The topological polar surface area (TPSA) is 33.2 Å². The highest BCUT2D eigenvalue weighted by Crippen LogP contribution is 2.21. The molecule has 0 atom stereocenters. The van der Waals surface area contributed by atoms with Crippen LogP contribution < -0.4 is 0 Å². The Morgan fingerprint density at radius 3 is 2.94 bits per heavy atom. The third kappa shape index (κ3) is 3.65. The number of thiophene rings is 1. The number of halogens is 1. The molecule has 0 saturated carbocycles. The van der Waals surface area contributed by atoms with E-state index in [-0.39, 0.29) is 5.91 Å². The van der Waals surface area contributed by atoms with Gasteiger partial charge < -0.3 is 4.90 Å². The Kier molecular flexibility index (Phi) is 4.49. The molecular formula is C13H13BrN2OS. The molecule has 0 radical (unpaired) electrons. The molecule has 0 N–H and O–H groups in total. The van der Waals surface area contributed by atoms with Crippen molar-refractivity contribution in [2.24, 2.45) is 0 Å². The Morgan fingerprint density at radius 2 is 2.33 bits per heavy atom. The third-order valence-corrected chi connectivity index (χ3v) is 4.08. The number of carbonyl (C=O) groups excluding carboxylic acids is 1. The molecule has 2 heterocycles. The molecule has 0 aromatic carbocycles. The van der Waals surface area contributed by atoms with E-state index in [0.717, 1.165) is 15.0 Å². The van der Waals surface area contributed by atoms with E-state index in [9.17, 15) is 4.79 Å². The summed E-state index contributed by atoms with van der Waals surface area (Å²) >= 11 is 5.05. The van der Waals surface area contributed by atoms with Gasteiger partial charge in [0.25, 0.3) is 0 Å². The van der Waals surface area contributed by atoms with Crippen molar-refractivity contribution in [3.63, 3.8) is 0 Å². The number of rotatable bonds is 4. The highest BCUT2D eigenvalue weighted by atomic mass is 79.9. The molecule has 2 aromatic rings. The van der Waals surface area contributed by atoms with E-state index >= 15 is 0 Å². The van der Waals surface area contributed by atoms with Gasteiger partial charge in [-0.3, -0.25) is 9.78 Å². The molecule has 0 saturated heterocycles. The predicted octanol–water partition coefficient (Wildman–Crippen LogP) is 3.11. The fraction of sp³-hybridized carbons (Fsp3) is 0.231. The van der Waals surface area contributed by atoms with E-state index in [2.05, 4.69) is 26.3 Å². The Morgan fingerprint density at radius 1 is 1.50 bits per heavy atom. The molecular weight excluding hydrogens is 312 g/mol. The molecule has 0 unspecified atom stereocenters. The van der Waals surface area contributed by atoms with E-state index in [4.69, 9.17) is 0 Å². The molecule has 2 aromatic heterocycles. The zero-order valence-corrected chi connectivity index (χ0v) is 12.4. The molecule has 0 spiro atoms. The lowest BCUT2D eigenvalue weighted by Gasteiger charge is -2.16. The van der Waals surface area contributed by atoms with Crippen molar-refractivity contribution in [3.05, 3.63) is 50.9 Å². The number of amides is 1.